The topological polar surface area (TPSA) is 49.4 Å². The monoisotopic (exact) mass is 258 g/mol. The smallest absolute Gasteiger partial charge is 0.241 e. The summed E-state index contributed by atoms with van der Waals surface area (Å²) >= 11 is 0. The first-order valence-electron chi connectivity index (χ1n) is 6.61. The zero-order valence-electron chi connectivity index (χ0n) is 10.5. The lowest BCUT2D eigenvalue weighted by Gasteiger charge is -2.30. The quantitative estimate of drug-likeness (QED) is 0.813. The zero-order chi connectivity index (χ0) is 12.3. The average molecular weight is 258 g/mol. The van der Waals surface area contributed by atoms with Crippen molar-refractivity contribution in [1.29, 1.82) is 0 Å². The first-order chi connectivity index (χ1) is 8.22. The Hall–Kier alpha value is -0.420. The second-order valence-electron chi connectivity index (χ2n) is 4.94. The van der Waals surface area contributed by atoms with Crippen molar-refractivity contribution in [3.8, 4) is 0 Å². The fourth-order valence-electron chi connectivity index (χ4n) is 2.61. The van der Waals surface area contributed by atoms with Gasteiger partial charge in [0.2, 0.25) is 5.91 Å². The number of amides is 1. The highest BCUT2D eigenvalue weighted by molar-refractivity contribution is 7.85. The number of nitrogens with zero attached hydrogens (tertiary/aromatic N) is 1. The number of carbonyl (C=O) groups is 1. The molecule has 98 valence electrons. The van der Waals surface area contributed by atoms with Crippen LogP contribution in [-0.2, 0) is 15.6 Å². The predicted molar refractivity (Wildman–Crippen MR) is 69.1 cm³/mol. The number of rotatable bonds is 4. The molecule has 0 aromatic rings. The van der Waals surface area contributed by atoms with Gasteiger partial charge in [-0.2, -0.15) is 0 Å². The molecule has 0 spiro atoms. The molecule has 2 rings (SSSR count). The molecule has 2 saturated heterocycles. The van der Waals surface area contributed by atoms with Crippen molar-refractivity contribution in [3.63, 3.8) is 0 Å². The number of nitrogens with one attached hydrogen (secondary N) is 1. The molecule has 0 aromatic heterocycles. The summed E-state index contributed by atoms with van der Waals surface area (Å²) in [4.78, 5) is 14.1. The Balaban J connectivity index is 1.86. The fourth-order valence-corrected chi connectivity index (χ4v) is 3.88. The average Bonchev–Trinajstić information content (AvgIpc) is 2.69. The predicted octanol–water partition coefficient (Wildman–Crippen LogP) is 0.846. The molecule has 2 fully saturated rings. The molecule has 0 radical (unpaired) electrons. The highest BCUT2D eigenvalue weighted by Crippen LogP contribution is 2.20. The van der Waals surface area contributed by atoms with Crippen LogP contribution in [0, 0.1) is 0 Å². The van der Waals surface area contributed by atoms with Crippen molar-refractivity contribution in [3.05, 3.63) is 0 Å². The molecule has 5 heteroatoms. The van der Waals surface area contributed by atoms with Gasteiger partial charge in [0.25, 0.3) is 0 Å². The van der Waals surface area contributed by atoms with Crippen LogP contribution < -0.4 is 5.32 Å². The molecule has 17 heavy (non-hydrogen) atoms. The van der Waals surface area contributed by atoms with E-state index in [0.29, 0.717) is 12.7 Å². The fraction of sp³-hybridized carbons (Fsp3) is 0.917. The minimum Gasteiger partial charge on any atom is -0.326 e. The molecule has 1 N–H and O–H groups in total. The first kappa shape index (κ1) is 13.0. The van der Waals surface area contributed by atoms with E-state index in [1.165, 1.54) is 0 Å². The van der Waals surface area contributed by atoms with Crippen LogP contribution in [0.4, 0.5) is 0 Å². The van der Waals surface area contributed by atoms with Gasteiger partial charge in [0.15, 0.2) is 0 Å². The molecule has 1 amide bonds. The minimum atomic E-state index is -0.644. The summed E-state index contributed by atoms with van der Waals surface area (Å²) in [5, 5.41) is 3.30. The highest BCUT2D eigenvalue weighted by atomic mass is 32.2. The maximum Gasteiger partial charge on any atom is 0.241 e. The van der Waals surface area contributed by atoms with E-state index in [9.17, 15) is 9.00 Å². The maximum absolute atomic E-state index is 12.2. The van der Waals surface area contributed by atoms with Crippen LogP contribution >= 0.6 is 0 Å². The second kappa shape index (κ2) is 5.96. The first-order valence-corrected chi connectivity index (χ1v) is 8.10. The molecule has 1 unspecified atom stereocenters. The van der Waals surface area contributed by atoms with E-state index in [-0.39, 0.29) is 11.9 Å². The molecule has 2 heterocycles. The van der Waals surface area contributed by atoms with Crippen LogP contribution in [0.2, 0.25) is 0 Å². The van der Waals surface area contributed by atoms with E-state index in [1.54, 1.807) is 0 Å². The Kier molecular flexibility index (Phi) is 4.56. The molecule has 0 aromatic carbocycles. The molecule has 0 bridgehead atoms. The lowest BCUT2D eigenvalue weighted by molar-refractivity contribution is -0.131. The van der Waals surface area contributed by atoms with Gasteiger partial charge in [-0.3, -0.25) is 14.3 Å². The van der Waals surface area contributed by atoms with Crippen molar-refractivity contribution >= 4 is 16.7 Å². The van der Waals surface area contributed by atoms with E-state index in [0.717, 1.165) is 43.6 Å². The molecular weight excluding hydrogens is 236 g/mol. The van der Waals surface area contributed by atoms with Crippen molar-refractivity contribution in [2.75, 3.05) is 18.2 Å². The van der Waals surface area contributed by atoms with Crippen LogP contribution in [0.5, 0.6) is 0 Å². The molecule has 1 atom stereocenters. The number of hydrogen-bond donors (Lipinski definition) is 1. The van der Waals surface area contributed by atoms with Gasteiger partial charge in [-0.25, -0.2) is 0 Å². The number of hydrogen-bond acceptors (Lipinski definition) is 3. The van der Waals surface area contributed by atoms with Crippen molar-refractivity contribution in [2.45, 2.75) is 51.1 Å². The van der Waals surface area contributed by atoms with E-state index < -0.39 is 10.8 Å². The normalized spacial score (nSPS) is 34.3. The largest absolute Gasteiger partial charge is 0.326 e. The molecule has 4 nitrogen and oxygen atoms in total. The number of unbranched alkanes of at least 4 members (excludes halogenated alkanes) is 1. The van der Waals surface area contributed by atoms with Crippen molar-refractivity contribution in [2.24, 2.45) is 0 Å². The summed E-state index contributed by atoms with van der Waals surface area (Å²) in [5.74, 6) is 1.78. The number of carbonyl (C=O) groups excluding carboxylic acids is 1. The second-order valence-corrected chi connectivity index (χ2v) is 6.64. The van der Waals surface area contributed by atoms with E-state index in [1.807, 2.05) is 4.90 Å². The Morgan fingerprint density at radius 1 is 1.41 bits per heavy atom. The SMILES string of the molecule is CCCCC1NCN(C2CCS(=O)CC2)C1=O. The van der Waals surface area contributed by atoms with Gasteiger partial charge in [-0.1, -0.05) is 19.8 Å². The summed E-state index contributed by atoms with van der Waals surface area (Å²) in [6.45, 7) is 2.83. The molecule has 0 saturated carbocycles. The Morgan fingerprint density at radius 2 is 2.12 bits per heavy atom. The van der Waals surface area contributed by atoms with Gasteiger partial charge in [-0.05, 0) is 19.3 Å². The van der Waals surface area contributed by atoms with Crippen LogP contribution in [0.3, 0.4) is 0 Å². The van der Waals surface area contributed by atoms with Gasteiger partial charge in [-0.15, -0.1) is 0 Å². The Bertz CT molecular complexity index is 299. The highest BCUT2D eigenvalue weighted by Gasteiger charge is 2.36. The minimum absolute atomic E-state index is 0.0300. The molecular formula is C12H22N2O2S. The van der Waals surface area contributed by atoms with Gasteiger partial charge in [0, 0.05) is 28.3 Å². The van der Waals surface area contributed by atoms with Crippen molar-refractivity contribution in [1.82, 2.24) is 10.2 Å². The molecule has 2 aliphatic heterocycles. The van der Waals surface area contributed by atoms with Gasteiger partial charge < -0.3 is 4.90 Å². The maximum atomic E-state index is 12.2. The summed E-state index contributed by atoms with van der Waals surface area (Å²) in [6.07, 6.45) is 4.99. The van der Waals surface area contributed by atoms with Crippen LogP contribution in [0.25, 0.3) is 0 Å². The Morgan fingerprint density at radius 3 is 2.76 bits per heavy atom. The van der Waals surface area contributed by atoms with Gasteiger partial charge in [0.1, 0.15) is 0 Å². The van der Waals surface area contributed by atoms with Crippen LogP contribution in [0.1, 0.15) is 39.0 Å². The lowest BCUT2D eigenvalue weighted by atomic mass is 10.1. The Labute approximate surface area is 106 Å². The van der Waals surface area contributed by atoms with E-state index >= 15 is 0 Å². The zero-order valence-corrected chi connectivity index (χ0v) is 11.3. The van der Waals surface area contributed by atoms with E-state index in [2.05, 4.69) is 12.2 Å². The van der Waals surface area contributed by atoms with Crippen LogP contribution in [-0.4, -0.2) is 45.3 Å². The lowest BCUT2D eigenvalue weighted by Crippen LogP contribution is -2.42. The van der Waals surface area contributed by atoms with Crippen molar-refractivity contribution < 1.29 is 9.00 Å². The van der Waals surface area contributed by atoms with Gasteiger partial charge in [0.05, 0.1) is 12.7 Å². The van der Waals surface area contributed by atoms with Crippen LogP contribution in [0.15, 0.2) is 0 Å². The summed E-state index contributed by atoms with van der Waals surface area (Å²) < 4.78 is 11.3. The molecule has 0 aliphatic carbocycles. The van der Waals surface area contributed by atoms with E-state index in [4.69, 9.17) is 0 Å². The summed E-state index contributed by atoms with van der Waals surface area (Å²) in [6, 6.07) is 0.349. The standard InChI is InChI=1S/C12H22N2O2S/c1-2-3-4-11-12(15)14(9-13-11)10-5-7-17(16)8-6-10/h10-11,13H,2-9H2,1H3. The van der Waals surface area contributed by atoms with Gasteiger partial charge >= 0.3 is 0 Å². The third kappa shape index (κ3) is 3.07. The third-order valence-corrected chi connectivity index (χ3v) is 5.12. The third-order valence-electron chi connectivity index (χ3n) is 3.73. The molecule has 2 aliphatic rings. The summed E-state index contributed by atoms with van der Waals surface area (Å²) in [7, 11) is -0.644. The summed E-state index contributed by atoms with van der Waals surface area (Å²) in [5.41, 5.74) is 0.